The Bertz CT molecular complexity index is 922. The fourth-order valence-electron chi connectivity index (χ4n) is 3.09. The second kappa shape index (κ2) is 8.61. The van der Waals surface area contributed by atoms with Crippen molar-refractivity contribution in [3.63, 3.8) is 0 Å². The number of carbonyl (C=O) groups excluding carboxylic acids is 1. The first-order valence-electron chi connectivity index (χ1n) is 9.66. The number of carbonyl (C=O) groups is 1. The molecule has 1 aliphatic carbocycles. The van der Waals surface area contributed by atoms with Crippen molar-refractivity contribution in [3.8, 4) is 0 Å². The predicted molar refractivity (Wildman–Crippen MR) is 111 cm³/mol. The number of amides is 1. The van der Waals surface area contributed by atoms with E-state index >= 15 is 0 Å². The average molecular weight is 393 g/mol. The van der Waals surface area contributed by atoms with E-state index in [0.717, 1.165) is 23.1 Å². The summed E-state index contributed by atoms with van der Waals surface area (Å²) in [4.78, 5) is 12.6. The smallest absolute Gasteiger partial charge is 0.233 e. The molecule has 1 aliphatic rings. The lowest BCUT2D eigenvalue weighted by molar-refractivity contribution is -0.120. The Morgan fingerprint density at radius 3 is 2.36 bits per heavy atom. The zero-order valence-corrected chi connectivity index (χ0v) is 16.7. The van der Waals surface area contributed by atoms with Crippen LogP contribution in [0.1, 0.15) is 42.6 Å². The Kier molecular flexibility index (Phi) is 5.76. The molecule has 4 rings (SSSR count). The van der Waals surface area contributed by atoms with E-state index in [9.17, 15) is 4.79 Å². The fourth-order valence-corrected chi connectivity index (χ4v) is 3.97. The third-order valence-electron chi connectivity index (χ3n) is 4.83. The van der Waals surface area contributed by atoms with Gasteiger partial charge in [-0.1, -0.05) is 72.4 Å². The number of rotatable bonds is 8. The topological polar surface area (TPSA) is 59.8 Å². The summed E-state index contributed by atoms with van der Waals surface area (Å²) in [5, 5.41) is 12.4. The van der Waals surface area contributed by atoms with Gasteiger partial charge in [0.25, 0.3) is 0 Å². The van der Waals surface area contributed by atoms with Gasteiger partial charge in [0, 0.05) is 12.5 Å². The molecule has 0 unspecified atom stereocenters. The number of nitrogens with one attached hydrogen (secondary N) is 1. The highest BCUT2D eigenvalue weighted by Gasteiger charge is 2.31. The van der Waals surface area contributed by atoms with Gasteiger partial charge in [0.15, 0.2) is 5.16 Å². The quantitative estimate of drug-likeness (QED) is 0.589. The van der Waals surface area contributed by atoms with Gasteiger partial charge in [-0.3, -0.25) is 4.79 Å². The molecule has 1 saturated carbocycles. The van der Waals surface area contributed by atoms with Gasteiger partial charge in [-0.2, -0.15) is 0 Å². The largest absolute Gasteiger partial charge is 0.351 e. The minimum atomic E-state index is -0.241. The van der Waals surface area contributed by atoms with Crippen molar-refractivity contribution in [2.75, 3.05) is 0 Å². The summed E-state index contributed by atoms with van der Waals surface area (Å²) in [6.07, 6.45) is 2.34. The lowest BCUT2D eigenvalue weighted by Gasteiger charge is -2.14. The average Bonchev–Trinajstić information content (AvgIpc) is 3.51. The molecule has 0 spiro atoms. The summed E-state index contributed by atoms with van der Waals surface area (Å²) >= 11 is 1.48. The molecule has 5 nitrogen and oxygen atoms in total. The van der Waals surface area contributed by atoms with Gasteiger partial charge in [-0.25, -0.2) is 0 Å². The van der Waals surface area contributed by atoms with E-state index < -0.39 is 0 Å². The second-order valence-electron chi connectivity index (χ2n) is 7.15. The summed E-state index contributed by atoms with van der Waals surface area (Å²) in [6, 6.07) is 20.3. The normalized spacial score (nSPS) is 14.6. The van der Waals surface area contributed by atoms with Gasteiger partial charge in [-0.05, 0) is 30.9 Å². The number of hydrogen-bond donors (Lipinski definition) is 1. The Hall–Kier alpha value is -2.60. The molecule has 3 aromatic rings. The highest BCUT2D eigenvalue weighted by atomic mass is 32.2. The van der Waals surface area contributed by atoms with E-state index in [1.54, 1.807) is 0 Å². The van der Waals surface area contributed by atoms with Crippen LogP contribution >= 0.6 is 11.8 Å². The molecular formula is C22H24N4OS. The van der Waals surface area contributed by atoms with Crippen molar-refractivity contribution in [2.45, 2.75) is 49.2 Å². The van der Waals surface area contributed by atoms with Crippen LogP contribution in [0.25, 0.3) is 0 Å². The van der Waals surface area contributed by atoms with Gasteiger partial charge in [0.1, 0.15) is 5.82 Å². The maximum Gasteiger partial charge on any atom is 0.233 e. The highest BCUT2D eigenvalue weighted by Crippen LogP contribution is 2.40. The van der Waals surface area contributed by atoms with E-state index in [0.29, 0.717) is 12.5 Å². The molecule has 0 aliphatic heterocycles. The molecule has 1 N–H and O–H groups in total. The number of aromatic nitrogens is 3. The van der Waals surface area contributed by atoms with Crippen molar-refractivity contribution in [1.29, 1.82) is 0 Å². The molecule has 1 aromatic heterocycles. The standard InChI is InChI=1S/C22H24N4OS/c1-16(21(27)23-14-17-8-4-2-5-9-17)28-22-25-24-20(19-12-13-19)26(22)15-18-10-6-3-7-11-18/h2-11,16,19H,12-15H2,1H3,(H,23,27)/t16-/m0/s1. The molecule has 1 fully saturated rings. The van der Waals surface area contributed by atoms with Gasteiger partial charge >= 0.3 is 0 Å². The molecule has 1 atom stereocenters. The molecule has 144 valence electrons. The first-order chi connectivity index (χ1) is 13.7. The third-order valence-corrected chi connectivity index (χ3v) is 5.91. The summed E-state index contributed by atoms with van der Waals surface area (Å²) in [7, 11) is 0. The molecular weight excluding hydrogens is 368 g/mol. The van der Waals surface area contributed by atoms with Crippen LogP contribution in [0.4, 0.5) is 0 Å². The third kappa shape index (κ3) is 4.62. The van der Waals surface area contributed by atoms with Crippen LogP contribution in [0.5, 0.6) is 0 Å². The number of benzene rings is 2. The predicted octanol–water partition coefficient (Wildman–Crippen LogP) is 4.00. The first kappa shape index (κ1) is 18.7. The molecule has 2 aromatic carbocycles. The van der Waals surface area contributed by atoms with Gasteiger partial charge in [0.05, 0.1) is 11.8 Å². The van der Waals surface area contributed by atoms with Crippen LogP contribution in [0, 0.1) is 0 Å². The van der Waals surface area contributed by atoms with Crippen LogP contribution in [-0.2, 0) is 17.9 Å². The fraction of sp³-hybridized carbons (Fsp3) is 0.318. The number of hydrogen-bond acceptors (Lipinski definition) is 4. The Morgan fingerprint density at radius 1 is 1.07 bits per heavy atom. The van der Waals surface area contributed by atoms with Crippen molar-refractivity contribution in [1.82, 2.24) is 20.1 Å². The lowest BCUT2D eigenvalue weighted by Crippen LogP contribution is -2.30. The maximum absolute atomic E-state index is 12.6. The Morgan fingerprint density at radius 2 is 1.71 bits per heavy atom. The maximum atomic E-state index is 12.6. The molecule has 0 bridgehead atoms. The van der Waals surface area contributed by atoms with Crippen molar-refractivity contribution < 1.29 is 4.79 Å². The molecule has 0 radical (unpaired) electrons. The molecule has 6 heteroatoms. The van der Waals surface area contributed by atoms with E-state index in [1.165, 1.54) is 30.2 Å². The second-order valence-corrected chi connectivity index (χ2v) is 8.46. The van der Waals surface area contributed by atoms with E-state index in [2.05, 4.69) is 32.2 Å². The van der Waals surface area contributed by atoms with E-state index in [1.807, 2.05) is 55.5 Å². The first-order valence-corrected chi connectivity index (χ1v) is 10.5. The SMILES string of the molecule is C[C@H](Sc1nnc(C2CC2)n1Cc1ccccc1)C(=O)NCc1ccccc1. The van der Waals surface area contributed by atoms with Crippen LogP contribution < -0.4 is 5.32 Å². The summed E-state index contributed by atoms with van der Waals surface area (Å²) in [5.74, 6) is 1.56. The zero-order valence-electron chi connectivity index (χ0n) is 15.9. The minimum Gasteiger partial charge on any atom is -0.351 e. The van der Waals surface area contributed by atoms with E-state index in [-0.39, 0.29) is 11.2 Å². The summed E-state index contributed by atoms with van der Waals surface area (Å²) < 4.78 is 2.18. The lowest BCUT2D eigenvalue weighted by atomic mass is 10.2. The van der Waals surface area contributed by atoms with Gasteiger partial charge < -0.3 is 9.88 Å². The van der Waals surface area contributed by atoms with Crippen molar-refractivity contribution in [2.24, 2.45) is 0 Å². The van der Waals surface area contributed by atoms with Crippen LogP contribution in [-0.4, -0.2) is 25.9 Å². The van der Waals surface area contributed by atoms with E-state index in [4.69, 9.17) is 0 Å². The number of thioether (sulfide) groups is 1. The number of nitrogens with zero attached hydrogens (tertiary/aromatic N) is 3. The highest BCUT2D eigenvalue weighted by molar-refractivity contribution is 8.00. The van der Waals surface area contributed by atoms with Crippen LogP contribution in [0.3, 0.4) is 0 Å². The summed E-state index contributed by atoms with van der Waals surface area (Å²) in [5.41, 5.74) is 2.31. The molecule has 1 heterocycles. The van der Waals surface area contributed by atoms with Gasteiger partial charge in [0.2, 0.25) is 5.91 Å². The monoisotopic (exact) mass is 392 g/mol. The van der Waals surface area contributed by atoms with Crippen LogP contribution in [0.15, 0.2) is 65.8 Å². The molecule has 0 saturated heterocycles. The van der Waals surface area contributed by atoms with Crippen LogP contribution in [0.2, 0.25) is 0 Å². The zero-order chi connectivity index (χ0) is 19.3. The van der Waals surface area contributed by atoms with Crippen molar-refractivity contribution >= 4 is 17.7 Å². The minimum absolute atomic E-state index is 0.0103. The van der Waals surface area contributed by atoms with Gasteiger partial charge in [-0.15, -0.1) is 10.2 Å². The van der Waals surface area contributed by atoms with Crippen molar-refractivity contribution in [3.05, 3.63) is 77.6 Å². The Labute approximate surface area is 169 Å². The Balaban J connectivity index is 1.44. The summed E-state index contributed by atoms with van der Waals surface area (Å²) in [6.45, 7) is 3.19. The molecule has 28 heavy (non-hydrogen) atoms. The molecule has 1 amide bonds.